The number of benzene rings is 1. The highest BCUT2D eigenvalue weighted by molar-refractivity contribution is 5.96. The van der Waals surface area contributed by atoms with Crippen LogP contribution in [0, 0.1) is 0 Å². The van der Waals surface area contributed by atoms with E-state index >= 15 is 0 Å². The Morgan fingerprint density at radius 2 is 2.00 bits per heavy atom. The highest BCUT2D eigenvalue weighted by Crippen LogP contribution is 2.19. The zero-order chi connectivity index (χ0) is 17.2. The summed E-state index contributed by atoms with van der Waals surface area (Å²) in [5.74, 6) is -0.338. The number of aryl methyl sites for hydroxylation is 1. The van der Waals surface area contributed by atoms with E-state index in [0.717, 1.165) is 36.9 Å². The monoisotopic (exact) mass is 329 g/mol. The minimum atomic E-state index is -0.429. The third-order valence-corrected chi connectivity index (χ3v) is 4.21. The van der Waals surface area contributed by atoms with Gasteiger partial charge in [0, 0.05) is 12.2 Å². The number of amides is 3. The van der Waals surface area contributed by atoms with Gasteiger partial charge in [-0.25, -0.2) is 4.79 Å². The highest BCUT2D eigenvalue weighted by Gasteiger charge is 2.09. The van der Waals surface area contributed by atoms with E-state index in [1.54, 1.807) is 0 Å². The molecule has 0 aliphatic heterocycles. The van der Waals surface area contributed by atoms with Crippen LogP contribution in [-0.4, -0.2) is 25.0 Å². The van der Waals surface area contributed by atoms with Gasteiger partial charge in [-0.05, 0) is 50.2 Å². The molecule has 130 valence electrons. The van der Waals surface area contributed by atoms with E-state index in [4.69, 9.17) is 0 Å². The standard InChI is InChI=1S/C19H27N3O2/c1-2-16-10-6-7-11-17(16)21-14-18(23)22-19(24)20-13-12-15-8-4-3-5-9-15/h6-8,10-11,21H,2-5,9,12-14H2,1H3,(H2,20,22,23,24). The van der Waals surface area contributed by atoms with E-state index in [1.165, 1.54) is 18.4 Å². The molecule has 1 aromatic carbocycles. The van der Waals surface area contributed by atoms with Crippen molar-refractivity contribution in [1.82, 2.24) is 10.6 Å². The second-order valence-electron chi connectivity index (χ2n) is 6.03. The van der Waals surface area contributed by atoms with Crippen LogP contribution in [0.1, 0.15) is 44.6 Å². The number of urea groups is 1. The number of para-hydroxylation sites is 1. The van der Waals surface area contributed by atoms with Gasteiger partial charge in [0.2, 0.25) is 5.91 Å². The summed E-state index contributed by atoms with van der Waals surface area (Å²) >= 11 is 0. The fourth-order valence-corrected chi connectivity index (χ4v) is 2.86. The molecule has 0 saturated carbocycles. The predicted octanol–water partition coefficient (Wildman–Crippen LogP) is 3.38. The van der Waals surface area contributed by atoms with Crippen LogP contribution in [0.2, 0.25) is 0 Å². The average Bonchev–Trinajstić information content (AvgIpc) is 2.61. The van der Waals surface area contributed by atoms with Crippen LogP contribution in [0.15, 0.2) is 35.9 Å². The number of anilines is 1. The normalized spacial score (nSPS) is 13.8. The van der Waals surface area contributed by atoms with Crippen LogP contribution in [0.25, 0.3) is 0 Å². The second-order valence-corrected chi connectivity index (χ2v) is 6.03. The summed E-state index contributed by atoms with van der Waals surface area (Å²) in [5, 5.41) is 8.17. The van der Waals surface area contributed by atoms with E-state index in [0.29, 0.717) is 6.54 Å². The van der Waals surface area contributed by atoms with Crippen LogP contribution in [0.3, 0.4) is 0 Å². The maximum Gasteiger partial charge on any atom is 0.321 e. The lowest BCUT2D eigenvalue weighted by Crippen LogP contribution is -2.42. The van der Waals surface area contributed by atoms with Crippen molar-refractivity contribution >= 4 is 17.6 Å². The Kier molecular flexibility index (Phi) is 7.33. The van der Waals surface area contributed by atoms with Gasteiger partial charge in [0.05, 0.1) is 6.54 Å². The number of imide groups is 1. The molecule has 2 rings (SSSR count). The lowest BCUT2D eigenvalue weighted by molar-refractivity contribution is -0.118. The van der Waals surface area contributed by atoms with Crippen molar-refractivity contribution in [2.24, 2.45) is 0 Å². The number of rotatable bonds is 7. The van der Waals surface area contributed by atoms with Crippen molar-refractivity contribution < 1.29 is 9.59 Å². The van der Waals surface area contributed by atoms with Crippen molar-refractivity contribution in [3.8, 4) is 0 Å². The summed E-state index contributed by atoms with van der Waals surface area (Å²) < 4.78 is 0. The topological polar surface area (TPSA) is 70.2 Å². The zero-order valence-corrected chi connectivity index (χ0v) is 14.4. The number of hydrogen-bond acceptors (Lipinski definition) is 3. The minimum absolute atomic E-state index is 0.0790. The van der Waals surface area contributed by atoms with E-state index in [9.17, 15) is 9.59 Å². The summed E-state index contributed by atoms with van der Waals surface area (Å²) in [5.41, 5.74) is 3.49. The Hall–Kier alpha value is -2.30. The number of nitrogens with one attached hydrogen (secondary N) is 3. The molecule has 1 aromatic rings. The van der Waals surface area contributed by atoms with Gasteiger partial charge in [0.1, 0.15) is 0 Å². The van der Waals surface area contributed by atoms with Crippen molar-refractivity contribution in [2.75, 3.05) is 18.4 Å². The molecule has 0 atom stereocenters. The molecule has 0 saturated heterocycles. The molecule has 24 heavy (non-hydrogen) atoms. The molecule has 0 fully saturated rings. The summed E-state index contributed by atoms with van der Waals surface area (Å²) in [4.78, 5) is 23.6. The van der Waals surface area contributed by atoms with E-state index in [-0.39, 0.29) is 12.5 Å². The van der Waals surface area contributed by atoms with Gasteiger partial charge in [-0.2, -0.15) is 0 Å². The molecule has 0 spiro atoms. The Morgan fingerprint density at radius 3 is 2.75 bits per heavy atom. The Bertz CT molecular complexity index is 596. The molecule has 5 heteroatoms. The molecule has 1 aliphatic rings. The smallest absolute Gasteiger partial charge is 0.321 e. The summed E-state index contributed by atoms with van der Waals surface area (Å²) in [7, 11) is 0. The van der Waals surface area contributed by atoms with Crippen LogP contribution in [0.5, 0.6) is 0 Å². The quantitative estimate of drug-likeness (QED) is 0.672. The molecular weight excluding hydrogens is 302 g/mol. The summed E-state index contributed by atoms with van der Waals surface area (Å²) in [6.45, 7) is 2.71. The van der Waals surface area contributed by atoms with Crippen LogP contribution < -0.4 is 16.0 Å². The van der Waals surface area contributed by atoms with Gasteiger partial charge in [0.25, 0.3) is 0 Å². The number of carbonyl (C=O) groups is 2. The van der Waals surface area contributed by atoms with E-state index in [2.05, 4.69) is 29.0 Å². The Balaban J connectivity index is 1.66. The maximum absolute atomic E-state index is 11.8. The molecule has 0 radical (unpaired) electrons. The van der Waals surface area contributed by atoms with Crippen LogP contribution >= 0.6 is 0 Å². The molecule has 5 nitrogen and oxygen atoms in total. The molecule has 3 N–H and O–H groups in total. The van der Waals surface area contributed by atoms with Crippen molar-refractivity contribution in [1.29, 1.82) is 0 Å². The third-order valence-electron chi connectivity index (χ3n) is 4.21. The number of hydrogen-bond donors (Lipinski definition) is 3. The average molecular weight is 329 g/mol. The maximum atomic E-state index is 11.8. The molecule has 1 aliphatic carbocycles. The van der Waals surface area contributed by atoms with Gasteiger partial charge >= 0.3 is 6.03 Å². The first-order chi connectivity index (χ1) is 11.7. The van der Waals surface area contributed by atoms with Gasteiger partial charge < -0.3 is 10.6 Å². The molecule has 0 heterocycles. The summed E-state index contributed by atoms with van der Waals surface area (Å²) in [6, 6.07) is 7.42. The van der Waals surface area contributed by atoms with Gasteiger partial charge in [-0.1, -0.05) is 36.8 Å². The third kappa shape index (κ3) is 6.07. The van der Waals surface area contributed by atoms with E-state index < -0.39 is 6.03 Å². The first kappa shape index (κ1) is 18.0. The van der Waals surface area contributed by atoms with Crippen LogP contribution in [-0.2, 0) is 11.2 Å². The van der Waals surface area contributed by atoms with Crippen molar-refractivity contribution in [3.05, 3.63) is 41.5 Å². The fraction of sp³-hybridized carbons (Fsp3) is 0.474. The van der Waals surface area contributed by atoms with E-state index in [1.807, 2.05) is 24.3 Å². The largest absolute Gasteiger partial charge is 0.376 e. The number of allylic oxidation sites excluding steroid dienone is 1. The second kappa shape index (κ2) is 9.75. The van der Waals surface area contributed by atoms with Crippen molar-refractivity contribution in [3.63, 3.8) is 0 Å². The first-order valence-corrected chi connectivity index (χ1v) is 8.76. The molecular formula is C19H27N3O2. The van der Waals surface area contributed by atoms with Gasteiger partial charge in [0.15, 0.2) is 0 Å². The zero-order valence-electron chi connectivity index (χ0n) is 14.4. The Morgan fingerprint density at radius 1 is 1.17 bits per heavy atom. The SMILES string of the molecule is CCc1ccccc1NCC(=O)NC(=O)NCCC1=CCCCC1. The minimum Gasteiger partial charge on any atom is -0.376 e. The van der Waals surface area contributed by atoms with Gasteiger partial charge in [-0.15, -0.1) is 0 Å². The molecule has 0 unspecified atom stereocenters. The molecule has 0 aromatic heterocycles. The van der Waals surface area contributed by atoms with Gasteiger partial charge in [-0.3, -0.25) is 10.1 Å². The summed E-state index contributed by atoms with van der Waals surface area (Å²) in [6.07, 6.45) is 8.80. The number of carbonyl (C=O) groups excluding carboxylic acids is 2. The molecule has 0 bridgehead atoms. The predicted molar refractivity (Wildman–Crippen MR) is 97.0 cm³/mol. The Labute approximate surface area is 143 Å². The highest BCUT2D eigenvalue weighted by atomic mass is 16.2. The lowest BCUT2D eigenvalue weighted by Gasteiger charge is -2.13. The molecule has 3 amide bonds. The van der Waals surface area contributed by atoms with Crippen molar-refractivity contribution in [2.45, 2.75) is 45.4 Å². The van der Waals surface area contributed by atoms with Crippen LogP contribution in [0.4, 0.5) is 10.5 Å². The first-order valence-electron chi connectivity index (χ1n) is 8.76. The fourth-order valence-electron chi connectivity index (χ4n) is 2.86. The lowest BCUT2D eigenvalue weighted by atomic mass is 9.97.